The van der Waals surface area contributed by atoms with Crippen LogP contribution in [0, 0.1) is 0 Å². The number of pyridine rings is 1. The highest BCUT2D eigenvalue weighted by Crippen LogP contribution is 2.29. The van der Waals surface area contributed by atoms with E-state index in [9.17, 15) is 0 Å². The van der Waals surface area contributed by atoms with Gasteiger partial charge in [0.2, 0.25) is 0 Å². The van der Waals surface area contributed by atoms with Crippen molar-refractivity contribution in [2.45, 2.75) is 32.2 Å². The number of anilines is 1. The van der Waals surface area contributed by atoms with Crippen molar-refractivity contribution in [3.8, 4) is 34.1 Å². The highest BCUT2D eigenvalue weighted by Gasteiger charge is 2.23. The zero-order valence-electron chi connectivity index (χ0n) is 19.9. The molecular weight excluding hydrogens is 438 g/mol. The minimum absolute atomic E-state index is 0.431. The molecule has 1 saturated heterocycles. The first kappa shape index (κ1) is 21.3. The maximum Gasteiger partial charge on any atom is 0.160 e. The standard InChI is InChI=1S/C27H27N7O/c1-19-6-3-4-14-32(19)27-18-25(29-26-17-24(31-34(26)27)20-9-12-28-13-10-20)33-15-11-23(30-33)21-7-5-8-22(16-21)35-2/h5,7-13,15-19H,3-4,6,14H2,1-2H3/t19-/m1/s1. The van der Waals surface area contributed by atoms with E-state index in [2.05, 4.69) is 22.9 Å². The highest BCUT2D eigenvalue weighted by atomic mass is 16.5. The molecule has 0 saturated carbocycles. The number of benzene rings is 1. The van der Waals surface area contributed by atoms with Gasteiger partial charge >= 0.3 is 0 Å². The minimum Gasteiger partial charge on any atom is -0.497 e. The van der Waals surface area contributed by atoms with Crippen LogP contribution in [0.4, 0.5) is 5.82 Å². The summed E-state index contributed by atoms with van der Waals surface area (Å²) >= 11 is 0. The van der Waals surface area contributed by atoms with Crippen LogP contribution in [0.3, 0.4) is 0 Å². The molecule has 0 radical (unpaired) electrons. The minimum atomic E-state index is 0.431. The maximum absolute atomic E-state index is 5.38. The number of nitrogens with zero attached hydrogens (tertiary/aromatic N) is 7. The van der Waals surface area contributed by atoms with E-state index >= 15 is 0 Å². The number of methoxy groups -OCH3 is 1. The summed E-state index contributed by atoms with van der Waals surface area (Å²) in [6, 6.07) is 18.4. The van der Waals surface area contributed by atoms with Crippen molar-refractivity contribution in [1.82, 2.24) is 29.4 Å². The zero-order chi connectivity index (χ0) is 23.8. The fraction of sp³-hybridized carbons (Fsp3) is 0.259. The molecule has 5 aromatic rings. The van der Waals surface area contributed by atoms with Crippen molar-refractivity contribution < 1.29 is 4.74 Å². The van der Waals surface area contributed by atoms with Crippen LogP contribution in [0.25, 0.3) is 34.0 Å². The third-order valence-electron chi connectivity index (χ3n) is 6.66. The molecule has 5 heterocycles. The third-order valence-corrected chi connectivity index (χ3v) is 6.66. The van der Waals surface area contributed by atoms with E-state index in [1.165, 1.54) is 19.3 Å². The van der Waals surface area contributed by atoms with Crippen molar-refractivity contribution in [2.24, 2.45) is 0 Å². The third kappa shape index (κ3) is 4.01. The number of aromatic nitrogens is 6. The summed E-state index contributed by atoms with van der Waals surface area (Å²) in [6.07, 6.45) is 9.12. The average molecular weight is 466 g/mol. The zero-order valence-corrected chi connectivity index (χ0v) is 19.9. The number of rotatable bonds is 5. The van der Waals surface area contributed by atoms with Gasteiger partial charge in [-0.3, -0.25) is 4.98 Å². The Balaban J connectivity index is 1.47. The van der Waals surface area contributed by atoms with Gasteiger partial charge in [-0.15, -0.1) is 0 Å². The normalized spacial score (nSPS) is 16.1. The lowest BCUT2D eigenvalue weighted by Gasteiger charge is -2.35. The van der Waals surface area contributed by atoms with E-state index in [0.717, 1.165) is 52.1 Å². The average Bonchev–Trinajstić information content (AvgIpc) is 3.57. The van der Waals surface area contributed by atoms with Gasteiger partial charge in [0, 0.05) is 54.4 Å². The molecule has 1 aliphatic rings. The van der Waals surface area contributed by atoms with Gasteiger partial charge in [0.1, 0.15) is 11.6 Å². The van der Waals surface area contributed by atoms with Crippen LogP contribution in [0.15, 0.2) is 73.2 Å². The van der Waals surface area contributed by atoms with Gasteiger partial charge < -0.3 is 9.64 Å². The van der Waals surface area contributed by atoms with Crippen LogP contribution in [-0.4, -0.2) is 49.1 Å². The number of ether oxygens (including phenoxy) is 1. The van der Waals surface area contributed by atoms with Gasteiger partial charge in [0.05, 0.1) is 18.5 Å². The fourth-order valence-electron chi connectivity index (χ4n) is 4.76. The predicted molar refractivity (Wildman–Crippen MR) is 136 cm³/mol. The van der Waals surface area contributed by atoms with Crippen molar-refractivity contribution in [1.29, 1.82) is 0 Å². The van der Waals surface area contributed by atoms with Crippen molar-refractivity contribution in [3.05, 3.63) is 73.2 Å². The summed E-state index contributed by atoms with van der Waals surface area (Å²) in [5.74, 6) is 2.61. The lowest BCUT2D eigenvalue weighted by atomic mass is 10.0. The fourth-order valence-corrected chi connectivity index (χ4v) is 4.76. The van der Waals surface area contributed by atoms with Gasteiger partial charge in [-0.05, 0) is 56.5 Å². The van der Waals surface area contributed by atoms with E-state index in [1.807, 2.05) is 63.9 Å². The molecule has 1 fully saturated rings. The first-order chi connectivity index (χ1) is 17.2. The van der Waals surface area contributed by atoms with Crippen LogP contribution < -0.4 is 9.64 Å². The van der Waals surface area contributed by atoms with E-state index in [4.69, 9.17) is 19.9 Å². The molecule has 1 aromatic carbocycles. The Hall–Kier alpha value is -4.20. The molecule has 176 valence electrons. The monoisotopic (exact) mass is 465 g/mol. The molecule has 0 unspecified atom stereocenters. The molecule has 0 amide bonds. The smallest absolute Gasteiger partial charge is 0.160 e. The molecule has 8 nitrogen and oxygen atoms in total. The molecule has 0 spiro atoms. The predicted octanol–water partition coefficient (Wildman–Crippen LogP) is 5.03. The maximum atomic E-state index is 5.38. The molecule has 4 aromatic heterocycles. The Bertz CT molecular complexity index is 1470. The van der Waals surface area contributed by atoms with Crippen molar-refractivity contribution in [2.75, 3.05) is 18.6 Å². The van der Waals surface area contributed by atoms with Crippen LogP contribution in [0.5, 0.6) is 5.75 Å². The lowest BCUT2D eigenvalue weighted by Crippen LogP contribution is -2.38. The second-order valence-corrected chi connectivity index (χ2v) is 8.92. The second-order valence-electron chi connectivity index (χ2n) is 8.92. The Morgan fingerprint density at radius 3 is 2.63 bits per heavy atom. The summed E-state index contributed by atoms with van der Waals surface area (Å²) < 4.78 is 9.19. The summed E-state index contributed by atoms with van der Waals surface area (Å²) in [6.45, 7) is 3.28. The molecule has 1 aliphatic heterocycles. The summed E-state index contributed by atoms with van der Waals surface area (Å²) in [5, 5.41) is 9.79. The SMILES string of the molecule is COc1cccc(-c2ccn(-c3cc(N4CCCC[C@H]4C)n4nc(-c5ccncc5)cc4n3)n2)c1. The van der Waals surface area contributed by atoms with Crippen LogP contribution in [0.1, 0.15) is 26.2 Å². The van der Waals surface area contributed by atoms with Crippen molar-refractivity contribution in [3.63, 3.8) is 0 Å². The summed E-state index contributed by atoms with van der Waals surface area (Å²) in [5.41, 5.74) is 4.55. The number of hydrogen-bond donors (Lipinski definition) is 0. The molecular formula is C27H27N7O. The largest absolute Gasteiger partial charge is 0.497 e. The van der Waals surface area contributed by atoms with Crippen molar-refractivity contribution >= 4 is 11.5 Å². The van der Waals surface area contributed by atoms with E-state index in [-0.39, 0.29) is 0 Å². The Kier molecular flexibility index (Phi) is 5.41. The lowest BCUT2D eigenvalue weighted by molar-refractivity contribution is 0.415. The quantitative estimate of drug-likeness (QED) is 0.362. The number of hydrogen-bond acceptors (Lipinski definition) is 6. The number of fused-ring (bicyclic) bond motifs is 1. The van der Waals surface area contributed by atoms with E-state index < -0.39 is 0 Å². The molecule has 0 N–H and O–H groups in total. The summed E-state index contributed by atoms with van der Waals surface area (Å²) in [4.78, 5) is 11.5. The Morgan fingerprint density at radius 2 is 1.80 bits per heavy atom. The summed E-state index contributed by atoms with van der Waals surface area (Å²) in [7, 11) is 1.67. The first-order valence-corrected chi connectivity index (χ1v) is 12.0. The van der Waals surface area contributed by atoms with Gasteiger partial charge in [0.25, 0.3) is 0 Å². The van der Waals surface area contributed by atoms with Gasteiger partial charge in [-0.1, -0.05) is 12.1 Å². The molecule has 0 bridgehead atoms. The molecule has 8 heteroatoms. The second kappa shape index (κ2) is 8.87. The Morgan fingerprint density at radius 1 is 0.914 bits per heavy atom. The topological polar surface area (TPSA) is 73.4 Å². The molecule has 6 rings (SSSR count). The van der Waals surface area contributed by atoms with Gasteiger partial charge in [0.15, 0.2) is 11.5 Å². The Labute approximate surface area is 203 Å². The van der Waals surface area contributed by atoms with Crippen LogP contribution in [0.2, 0.25) is 0 Å². The first-order valence-electron chi connectivity index (χ1n) is 12.0. The van der Waals surface area contributed by atoms with Crippen LogP contribution >= 0.6 is 0 Å². The van der Waals surface area contributed by atoms with Gasteiger partial charge in [-0.25, -0.2) is 9.67 Å². The highest BCUT2D eigenvalue weighted by molar-refractivity contribution is 5.67. The van der Waals surface area contributed by atoms with E-state index in [0.29, 0.717) is 6.04 Å². The number of piperidine rings is 1. The molecule has 1 atom stereocenters. The van der Waals surface area contributed by atoms with Gasteiger partial charge in [-0.2, -0.15) is 14.7 Å². The molecule has 35 heavy (non-hydrogen) atoms. The molecule has 0 aliphatic carbocycles. The van der Waals surface area contributed by atoms with E-state index in [1.54, 1.807) is 19.5 Å². The van der Waals surface area contributed by atoms with Crippen LogP contribution in [-0.2, 0) is 0 Å².